The second kappa shape index (κ2) is 8.37. The Labute approximate surface area is 224 Å². The van der Waals surface area contributed by atoms with Gasteiger partial charge in [-0.15, -0.1) is 5.10 Å². The molecule has 2 aromatic heterocycles. The quantitative estimate of drug-likeness (QED) is 0.522. The number of hydrogen-bond acceptors (Lipinski definition) is 6. The number of hydrogen-bond donors (Lipinski definition) is 1. The van der Waals surface area contributed by atoms with Gasteiger partial charge in [-0.25, -0.2) is 9.67 Å². The van der Waals surface area contributed by atoms with E-state index in [-0.39, 0.29) is 40.9 Å². The van der Waals surface area contributed by atoms with E-state index in [0.717, 1.165) is 61.2 Å². The summed E-state index contributed by atoms with van der Waals surface area (Å²) in [5.74, 6) is 1.55. The molecule has 3 aromatic rings. The van der Waals surface area contributed by atoms with Crippen molar-refractivity contribution in [1.29, 1.82) is 5.26 Å². The Kier molecular flexibility index (Phi) is 5.14. The molecule has 1 saturated heterocycles. The molecule has 4 aliphatic rings. The van der Waals surface area contributed by atoms with Crippen molar-refractivity contribution in [3.63, 3.8) is 0 Å². The molecule has 1 N–H and O–H groups in total. The van der Waals surface area contributed by atoms with E-state index in [0.29, 0.717) is 16.5 Å². The molecule has 0 unspecified atom stereocenters. The number of pyridine rings is 1. The molecule has 0 radical (unpaired) electrons. The van der Waals surface area contributed by atoms with Gasteiger partial charge in [0, 0.05) is 35.3 Å². The standard InChI is InChI=1S/C28H26ClN7O2/c1-15-6-25(35-13-18-9-22(18)27(35)38)31-12-23(15)28(4-5-28)36-14-24(33-34-36)26(37)32-20-7-17(8-20)21-10-19(29)3-2-16(21)11-30/h2-3,6,10,12,14,17-18,20,22H,4-5,7-9,13H2,1H3,(H,32,37)/t17?,18-,20?,22-/m1/s1. The van der Waals surface area contributed by atoms with Crippen molar-refractivity contribution in [3.05, 3.63) is 69.6 Å². The molecule has 2 amide bonds. The van der Waals surface area contributed by atoms with Crippen LogP contribution in [0, 0.1) is 30.1 Å². The average molecular weight is 528 g/mol. The Morgan fingerprint density at radius 3 is 2.74 bits per heavy atom. The maximum atomic E-state index is 12.9. The minimum Gasteiger partial charge on any atom is -0.348 e. The number of nitrogens with zero attached hydrogens (tertiary/aromatic N) is 6. The van der Waals surface area contributed by atoms with Gasteiger partial charge in [-0.1, -0.05) is 16.8 Å². The van der Waals surface area contributed by atoms with Gasteiger partial charge in [-0.05, 0) is 86.3 Å². The van der Waals surface area contributed by atoms with E-state index in [1.54, 1.807) is 23.0 Å². The lowest BCUT2D eigenvalue weighted by Gasteiger charge is -2.36. The predicted molar refractivity (Wildman–Crippen MR) is 139 cm³/mol. The molecule has 3 saturated carbocycles. The molecular formula is C28H26ClN7O2. The van der Waals surface area contributed by atoms with Gasteiger partial charge >= 0.3 is 0 Å². The van der Waals surface area contributed by atoms with E-state index in [2.05, 4.69) is 26.7 Å². The monoisotopic (exact) mass is 527 g/mol. The van der Waals surface area contributed by atoms with Crippen LogP contribution in [0.25, 0.3) is 0 Å². The maximum absolute atomic E-state index is 12.9. The van der Waals surface area contributed by atoms with Gasteiger partial charge in [0.25, 0.3) is 5.91 Å². The van der Waals surface area contributed by atoms with Crippen molar-refractivity contribution in [2.75, 3.05) is 11.4 Å². The van der Waals surface area contributed by atoms with Crippen LogP contribution >= 0.6 is 11.6 Å². The van der Waals surface area contributed by atoms with Crippen molar-refractivity contribution in [2.45, 2.75) is 56.5 Å². The fourth-order valence-corrected chi connectivity index (χ4v) is 6.38. The van der Waals surface area contributed by atoms with Gasteiger partial charge in [0.15, 0.2) is 5.69 Å². The average Bonchev–Trinajstić information content (AvgIpc) is 3.77. The highest BCUT2D eigenvalue weighted by Crippen LogP contribution is 2.51. The second-order valence-corrected chi connectivity index (χ2v) is 11.6. The van der Waals surface area contributed by atoms with Gasteiger partial charge < -0.3 is 5.32 Å². The van der Waals surface area contributed by atoms with Crippen LogP contribution in [-0.4, -0.2) is 44.4 Å². The van der Waals surface area contributed by atoms with E-state index in [4.69, 9.17) is 11.6 Å². The number of amides is 2. The lowest BCUT2D eigenvalue weighted by atomic mass is 9.74. The number of aromatic nitrogens is 4. The molecular weight excluding hydrogens is 502 g/mol. The van der Waals surface area contributed by atoms with E-state index in [1.165, 1.54) is 0 Å². The van der Waals surface area contributed by atoms with Crippen LogP contribution in [-0.2, 0) is 10.3 Å². The maximum Gasteiger partial charge on any atom is 0.273 e. The van der Waals surface area contributed by atoms with E-state index in [9.17, 15) is 14.9 Å². The summed E-state index contributed by atoms with van der Waals surface area (Å²) >= 11 is 6.13. The molecule has 2 atom stereocenters. The number of fused-ring (bicyclic) bond motifs is 1. The number of piperidine rings is 1. The summed E-state index contributed by atoms with van der Waals surface area (Å²) in [6, 6.07) is 9.54. The van der Waals surface area contributed by atoms with Crippen LogP contribution in [0.1, 0.15) is 70.8 Å². The van der Waals surface area contributed by atoms with Gasteiger partial charge in [-0.3, -0.25) is 14.5 Å². The summed E-state index contributed by atoms with van der Waals surface area (Å²) in [6.45, 7) is 2.80. The molecule has 0 spiro atoms. The Bertz CT molecular complexity index is 1530. The first-order valence-corrected chi connectivity index (χ1v) is 13.5. The molecule has 3 heterocycles. The lowest BCUT2D eigenvalue weighted by molar-refractivity contribution is -0.118. The van der Waals surface area contributed by atoms with Crippen molar-refractivity contribution >= 4 is 29.2 Å². The van der Waals surface area contributed by atoms with Gasteiger partial charge in [0.1, 0.15) is 5.82 Å². The molecule has 4 fully saturated rings. The molecule has 7 rings (SSSR count). The topological polar surface area (TPSA) is 117 Å². The van der Waals surface area contributed by atoms with E-state index in [1.807, 2.05) is 30.2 Å². The Hall–Kier alpha value is -3.77. The van der Waals surface area contributed by atoms with Crippen LogP contribution < -0.4 is 10.2 Å². The molecule has 38 heavy (non-hydrogen) atoms. The number of benzene rings is 1. The third-order valence-corrected chi connectivity index (χ3v) is 8.97. The Morgan fingerprint density at radius 1 is 1.24 bits per heavy atom. The molecule has 1 aliphatic heterocycles. The number of rotatable bonds is 6. The number of carbonyl (C=O) groups excluding carboxylic acids is 2. The largest absolute Gasteiger partial charge is 0.348 e. The number of halogens is 1. The fraction of sp³-hybridized carbons (Fsp3) is 0.429. The smallest absolute Gasteiger partial charge is 0.273 e. The zero-order valence-corrected chi connectivity index (χ0v) is 21.6. The summed E-state index contributed by atoms with van der Waals surface area (Å²) in [6.07, 6.45) is 7.86. The summed E-state index contributed by atoms with van der Waals surface area (Å²) in [7, 11) is 0. The highest BCUT2D eigenvalue weighted by atomic mass is 35.5. The molecule has 192 valence electrons. The SMILES string of the molecule is Cc1cc(N2C[C@H]3C[C@H]3C2=O)ncc1C1(n2cc(C(=O)NC3CC(c4cc(Cl)ccc4C#N)C3)nn2)CC1. The number of aryl methyl sites for hydroxylation is 1. The third kappa shape index (κ3) is 3.70. The van der Waals surface area contributed by atoms with Gasteiger partial charge in [-0.2, -0.15) is 5.26 Å². The van der Waals surface area contributed by atoms with Crippen molar-refractivity contribution in [2.24, 2.45) is 11.8 Å². The van der Waals surface area contributed by atoms with Gasteiger partial charge in [0.05, 0.1) is 23.4 Å². The highest BCUT2D eigenvalue weighted by Gasteiger charge is 2.53. The van der Waals surface area contributed by atoms with Crippen LogP contribution in [0.15, 0.2) is 36.7 Å². The summed E-state index contributed by atoms with van der Waals surface area (Å²) in [4.78, 5) is 31.9. The van der Waals surface area contributed by atoms with Crippen molar-refractivity contribution in [3.8, 4) is 6.07 Å². The number of carbonyl (C=O) groups is 2. The predicted octanol–water partition coefficient (Wildman–Crippen LogP) is 3.70. The van der Waals surface area contributed by atoms with Crippen LogP contribution in [0.5, 0.6) is 0 Å². The fourth-order valence-electron chi connectivity index (χ4n) is 6.20. The van der Waals surface area contributed by atoms with Crippen molar-refractivity contribution in [1.82, 2.24) is 25.3 Å². The van der Waals surface area contributed by atoms with Crippen molar-refractivity contribution < 1.29 is 9.59 Å². The lowest BCUT2D eigenvalue weighted by Crippen LogP contribution is -2.43. The van der Waals surface area contributed by atoms with Crippen LogP contribution in [0.4, 0.5) is 5.82 Å². The van der Waals surface area contributed by atoms with E-state index < -0.39 is 0 Å². The summed E-state index contributed by atoms with van der Waals surface area (Å²) in [5, 5.41) is 21.6. The van der Waals surface area contributed by atoms with Gasteiger partial charge in [0.2, 0.25) is 5.91 Å². The first-order chi connectivity index (χ1) is 18.4. The zero-order valence-electron chi connectivity index (χ0n) is 20.9. The minimum absolute atomic E-state index is 0.0105. The first-order valence-electron chi connectivity index (χ1n) is 13.1. The summed E-state index contributed by atoms with van der Waals surface area (Å²) in [5.41, 5.74) is 3.59. The summed E-state index contributed by atoms with van der Waals surface area (Å²) < 4.78 is 1.79. The Balaban J connectivity index is 1.02. The molecule has 1 aromatic carbocycles. The van der Waals surface area contributed by atoms with Crippen LogP contribution in [0.3, 0.4) is 0 Å². The Morgan fingerprint density at radius 2 is 2.05 bits per heavy atom. The normalized spacial score (nSPS) is 26.3. The zero-order chi connectivity index (χ0) is 26.2. The number of nitriles is 1. The highest BCUT2D eigenvalue weighted by molar-refractivity contribution is 6.30. The van der Waals surface area contributed by atoms with E-state index >= 15 is 0 Å². The first kappa shape index (κ1) is 23.4. The third-order valence-electron chi connectivity index (χ3n) is 8.73. The molecule has 9 nitrogen and oxygen atoms in total. The minimum atomic E-state index is -0.361. The molecule has 10 heteroatoms. The number of nitrogens with one attached hydrogen (secondary N) is 1. The molecule has 3 aliphatic carbocycles. The second-order valence-electron chi connectivity index (χ2n) is 11.2. The van der Waals surface area contributed by atoms with Crippen LogP contribution in [0.2, 0.25) is 5.02 Å². The number of anilines is 1. The molecule has 0 bridgehead atoms.